The minimum Gasteiger partial charge on any atom is -0.461 e. The molecule has 1 amide bonds. The van der Waals surface area contributed by atoms with Crippen molar-refractivity contribution >= 4 is 34.8 Å². The second-order valence-electron chi connectivity index (χ2n) is 12.9. The predicted octanol–water partition coefficient (Wildman–Crippen LogP) is 5.15. The molecule has 0 spiro atoms. The van der Waals surface area contributed by atoms with Crippen molar-refractivity contribution in [3.05, 3.63) is 41.0 Å². The Hall–Kier alpha value is -4.34. The lowest BCUT2D eigenvalue weighted by atomic mass is 9.78. The lowest BCUT2D eigenvalue weighted by molar-refractivity contribution is -0.157. The van der Waals surface area contributed by atoms with Crippen LogP contribution < -0.4 is 10.1 Å². The second-order valence-corrected chi connectivity index (χ2v) is 12.9. The minimum absolute atomic E-state index is 0.0548. The second kappa shape index (κ2) is 14.6. The zero-order valence-electron chi connectivity index (χ0n) is 28.3. The average molecular weight is 648 g/mol. The number of esters is 2. The summed E-state index contributed by atoms with van der Waals surface area (Å²) in [5.41, 5.74) is 0.900. The third-order valence-corrected chi connectivity index (χ3v) is 8.32. The van der Waals surface area contributed by atoms with E-state index in [-0.39, 0.29) is 25.4 Å². The fourth-order valence-electron chi connectivity index (χ4n) is 6.17. The molecule has 47 heavy (non-hydrogen) atoms. The number of hydrogen-bond donors (Lipinski definition) is 2. The number of hydrogen-bond acceptors (Lipinski definition) is 10. The van der Waals surface area contributed by atoms with Crippen LogP contribution in [0.15, 0.2) is 18.5 Å². The molecule has 1 aliphatic rings. The van der Waals surface area contributed by atoms with Gasteiger partial charge in [0.2, 0.25) is 5.91 Å². The van der Waals surface area contributed by atoms with E-state index in [0.29, 0.717) is 35.0 Å². The van der Waals surface area contributed by atoms with Crippen LogP contribution in [0.2, 0.25) is 0 Å². The van der Waals surface area contributed by atoms with Crippen LogP contribution in [0.1, 0.15) is 101 Å². The first-order valence-electron chi connectivity index (χ1n) is 16.0. The van der Waals surface area contributed by atoms with Gasteiger partial charge in [-0.2, -0.15) is 0 Å². The van der Waals surface area contributed by atoms with E-state index in [1.54, 1.807) is 17.6 Å². The van der Waals surface area contributed by atoms with Gasteiger partial charge in [0.05, 0.1) is 12.7 Å². The Kier molecular flexibility index (Phi) is 11.0. The van der Waals surface area contributed by atoms with Crippen molar-refractivity contribution in [3.8, 4) is 18.1 Å². The highest BCUT2D eigenvalue weighted by Gasteiger charge is 2.49. The van der Waals surface area contributed by atoms with Crippen LogP contribution in [-0.4, -0.2) is 60.8 Å². The molecule has 1 saturated heterocycles. The summed E-state index contributed by atoms with van der Waals surface area (Å²) in [7, 11) is 0. The number of carbonyl (C=O) groups excluding carboxylic acids is 3. The molecule has 0 aliphatic carbocycles. The fraction of sp³-hybridized carbons (Fsp3) is 0.543. The van der Waals surface area contributed by atoms with E-state index in [1.165, 1.54) is 13.3 Å². The van der Waals surface area contributed by atoms with E-state index in [9.17, 15) is 19.5 Å². The third-order valence-electron chi connectivity index (χ3n) is 8.32. The van der Waals surface area contributed by atoms with Gasteiger partial charge in [0.15, 0.2) is 22.6 Å². The number of benzene rings is 1. The van der Waals surface area contributed by atoms with Crippen molar-refractivity contribution in [1.82, 2.24) is 19.5 Å². The van der Waals surface area contributed by atoms with Gasteiger partial charge in [-0.05, 0) is 44.4 Å². The number of rotatable bonds is 13. The summed E-state index contributed by atoms with van der Waals surface area (Å²) in [5, 5.41) is 14.0. The molecule has 3 atom stereocenters. The van der Waals surface area contributed by atoms with E-state index >= 15 is 0 Å². The van der Waals surface area contributed by atoms with Crippen LogP contribution in [-0.2, 0) is 29.3 Å². The number of imidazole rings is 1. The van der Waals surface area contributed by atoms with Crippen LogP contribution >= 0.6 is 0 Å². The van der Waals surface area contributed by atoms with E-state index in [2.05, 4.69) is 33.1 Å². The lowest BCUT2D eigenvalue weighted by Gasteiger charge is -2.30. The molecule has 252 valence electrons. The summed E-state index contributed by atoms with van der Waals surface area (Å²) >= 11 is 0. The van der Waals surface area contributed by atoms with Crippen molar-refractivity contribution < 1.29 is 33.7 Å². The monoisotopic (exact) mass is 647 g/mol. The normalized spacial score (nSPS) is 19.4. The molecule has 0 radical (unpaired) electrons. The average Bonchev–Trinajstić information content (AvgIpc) is 3.54. The maximum atomic E-state index is 13.2. The van der Waals surface area contributed by atoms with E-state index in [4.69, 9.17) is 20.6 Å². The molecule has 2 N–H and O–H groups in total. The summed E-state index contributed by atoms with van der Waals surface area (Å²) in [6, 6.07) is 3.73. The molecule has 0 bridgehead atoms. The number of aliphatic hydroxyl groups excluding tert-OH is 1. The van der Waals surface area contributed by atoms with Gasteiger partial charge in [0.25, 0.3) is 0 Å². The van der Waals surface area contributed by atoms with Gasteiger partial charge in [-0.25, -0.2) is 15.0 Å². The van der Waals surface area contributed by atoms with Gasteiger partial charge in [-0.1, -0.05) is 52.0 Å². The molecular formula is C35H45N5O7. The topological polar surface area (TPSA) is 155 Å². The summed E-state index contributed by atoms with van der Waals surface area (Å²) in [6.45, 7) is 12.3. The van der Waals surface area contributed by atoms with E-state index < -0.39 is 35.3 Å². The molecule has 4 rings (SSSR count). The molecule has 0 saturated carbocycles. The van der Waals surface area contributed by atoms with Gasteiger partial charge < -0.3 is 24.6 Å². The Morgan fingerprint density at radius 1 is 1.19 bits per heavy atom. The van der Waals surface area contributed by atoms with E-state index in [1.807, 2.05) is 33.8 Å². The number of nitrogens with one attached hydrogen (secondary N) is 1. The molecule has 0 unspecified atom stereocenters. The van der Waals surface area contributed by atoms with Crippen molar-refractivity contribution in [2.75, 3.05) is 11.9 Å². The highest BCUT2D eigenvalue weighted by molar-refractivity contribution is 5.96. The van der Waals surface area contributed by atoms with Crippen LogP contribution in [0.5, 0.6) is 5.75 Å². The number of amides is 1. The summed E-state index contributed by atoms with van der Waals surface area (Å²) in [6.07, 6.45) is 9.74. The van der Waals surface area contributed by atoms with Crippen molar-refractivity contribution in [2.24, 2.45) is 0 Å². The minimum atomic E-state index is -1.62. The maximum Gasteiger partial charge on any atom is 0.308 e. The van der Waals surface area contributed by atoms with Crippen molar-refractivity contribution in [3.63, 3.8) is 0 Å². The number of anilines is 1. The third kappa shape index (κ3) is 8.15. The predicted molar refractivity (Wildman–Crippen MR) is 176 cm³/mol. The van der Waals surface area contributed by atoms with Crippen LogP contribution in [0.25, 0.3) is 11.2 Å². The number of aromatic nitrogens is 4. The van der Waals surface area contributed by atoms with Crippen LogP contribution in [0.3, 0.4) is 0 Å². The Morgan fingerprint density at radius 2 is 1.94 bits per heavy atom. The standard InChI is InChI=1S/C35H45N5O7/c1-9-11-12-13-14-27(43)39-32-31-33(38-23(5)37-32)40(20-36-31)28-17-26(42)35(10-2,47-28)19-45-29(44)18-34(7,8)30-22(4)15-21(3)16-25(30)46-24(6)41/h2,15-16,20,26,28,42H,9,11-14,17-19H2,1,3-8H3,(H,37,38,39,43)/t26-,28+,35+/m0/s1. The number of fused-ring (bicyclic) bond motifs is 1. The quantitative estimate of drug-likeness (QED) is 0.110. The first-order valence-corrected chi connectivity index (χ1v) is 16.0. The number of ether oxygens (including phenoxy) is 3. The molecule has 1 aliphatic heterocycles. The smallest absolute Gasteiger partial charge is 0.308 e. The van der Waals surface area contributed by atoms with Gasteiger partial charge >= 0.3 is 11.9 Å². The zero-order chi connectivity index (χ0) is 34.5. The summed E-state index contributed by atoms with van der Waals surface area (Å²) < 4.78 is 19.0. The SMILES string of the molecule is C#C[C@]1(COC(=O)CC(C)(C)c2c(C)cc(C)cc2OC(C)=O)O[C@@H](n2cnc3c(NC(=O)CCCCCC)nc(C)nc32)C[C@@H]1O. The largest absolute Gasteiger partial charge is 0.461 e. The van der Waals surface area contributed by atoms with Crippen molar-refractivity contribution in [2.45, 2.75) is 117 Å². The Labute approximate surface area is 275 Å². The molecular weight excluding hydrogens is 602 g/mol. The molecule has 1 aromatic carbocycles. The van der Waals surface area contributed by atoms with Crippen LogP contribution in [0, 0.1) is 33.1 Å². The molecule has 12 nitrogen and oxygen atoms in total. The molecule has 12 heteroatoms. The number of unbranched alkanes of at least 4 members (excludes halogenated alkanes) is 3. The number of nitrogens with zero attached hydrogens (tertiary/aromatic N) is 4. The Balaban J connectivity index is 1.48. The maximum absolute atomic E-state index is 13.2. The van der Waals surface area contributed by atoms with Gasteiger partial charge in [0, 0.05) is 30.7 Å². The molecule has 2 aromatic heterocycles. The van der Waals surface area contributed by atoms with Gasteiger partial charge in [0.1, 0.15) is 30.5 Å². The molecule has 1 fully saturated rings. The summed E-state index contributed by atoms with van der Waals surface area (Å²) in [4.78, 5) is 51.0. The zero-order valence-corrected chi connectivity index (χ0v) is 28.3. The van der Waals surface area contributed by atoms with Crippen molar-refractivity contribution in [1.29, 1.82) is 0 Å². The Morgan fingerprint density at radius 3 is 2.62 bits per heavy atom. The first kappa shape index (κ1) is 35.5. The highest BCUT2D eigenvalue weighted by atomic mass is 16.6. The molecule has 3 heterocycles. The Bertz CT molecular complexity index is 1690. The highest BCUT2D eigenvalue weighted by Crippen LogP contribution is 2.40. The number of carbonyl (C=O) groups is 3. The fourth-order valence-corrected chi connectivity index (χ4v) is 6.17. The number of aliphatic hydroxyl groups is 1. The number of aryl methyl sites for hydroxylation is 3. The first-order chi connectivity index (χ1) is 22.2. The summed E-state index contributed by atoms with van der Waals surface area (Å²) in [5.74, 6) is 2.44. The number of terminal acetylenes is 1. The lowest BCUT2D eigenvalue weighted by Crippen LogP contribution is -2.43. The molecule has 3 aromatic rings. The van der Waals surface area contributed by atoms with E-state index in [0.717, 1.165) is 42.4 Å². The van der Waals surface area contributed by atoms with Crippen LogP contribution in [0.4, 0.5) is 5.82 Å². The van der Waals surface area contributed by atoms with Gasteiger partial charge in [-0.3, -0.25) is 19.0 Å². The van der Waals surface area contributed by atoms with Gasteiger partial charge in [-0.15, -0.1) is 6.42 Å².